The van der Waals surface area contributed by atoms with Crippen LogP contribution in [0.25, 0.3) is 0 Å². The molecule has 0 aromatic heterocycles. The first-order valence-electron chi connectivity index (χ1n) is 1.77. The summed E-state index contributed by atoms with van der Waals surface area (Å²) in [5, 5.41) is 8.33. The molecule has 0 fully saturated rings. The number of carbonyl (C=O) groups is 1. The van der Waals surface area contributed by atoms with Crippen LogP contribution in [-0.4, -0.2) is 46.7 Å². The van der Waals surface area contributed by atoms with Gasteiger partial charge in [0.05, 0.1) is 9.47 Å². The Morgan fingerprint density at radius 1 is 1.88 bits per heavy atom. The SMILES string of the molecule is CC(O)C(=O)OP.[NaH]. The molecular formula is C3H8NaO3P. The van der Waals surface area contributed by atoms with Crippen molar-refractivity contribution in [1.29, 1.82) is 0 Å². The Kier molecular flexibility index (Phi) is 8.70. The molecule has 0 heterocycles. The van der Waals surface area contributed by atoms with Gasteiger partial charge in [0.25, 0.3) is 0 Å². The zero-order chi connectivity index (χ0) is 5.86. The first-order valence-corrected chi connectivity index (χ1v) is 2.24. The summed E-state index contributed by atoms with van der Waals surface area (Å²) in [4.78, 5) is 10.0. The van der Waals surface area contributed by atoms with Crippen LogP contribution in [0.2, 0.25) is 0 Å². The summed E-state index contributed by atoms with van der Waals surface area (Å²) in [6.45, 7) is 1.34. The summed E-state index contributed by atoms with van der Waals surface area (Å²) in [6, 6.07) is 0. The molecule has 2 atom stereocenters. The van der Waals surface area contributed by atoms with E-state index in [1.807, 2.05) is 0 Å². The van der Waals surface area contributed by atoms with E-state index in [0.717, 1.165) is 0 Å². The van der Waals surface area contributed by atoms with Crippen LogP contribution >= 0.6 is 9.47 Å². The average molecular weight is 146 g/mol. The third-order valence-electron chi connectivity index (χ3n) is 0.457. The molecule has 0 aliphatic heterocycles. The monoisotopic (exact) mass is 146 g/mol. The fourth-order valence-electron chi connectivity index (χ4n) is 0.0985. The molecule has 0 bridgehead atoms. The van der Waals surface area contributed by atoms with E-state index in [1.165, 1.54) is 6.92 Å². The first kappa shape index (κ1) is 11.6. The Morgan fingerprint density at radius 2 is 2.25 bits per heavy atom. The molecular weight excluding hydrogens is 138 g/mol. The van der Waals surface area contributed by atoms with Crippen molar-refractivity contribution in [2.75, 3.05) is 0 Å². The molecule has 0 aromatic rings. The van der Waals surface area contributed by atoms with Crippen LogP contribution < -0.4 is 0 Å². The standard InChI is InChI=1S/C3H7O3P.Na.H/c1-2(4)3(5)6-7;;/h2,4H,7H2,1H3;;. The van der Waals surface area contributed by atoms with Gasteiger partial charge < -0.3 is 9.63 Å². The molecule has 0 aliphatic carbocycles. The molecule has 0 amide bonds. The summed E-state index contributed by atoms with van der Waals surface area (Å²) in [7, 11) is 1.75. The number of carbonyl (C=O) groups excluding carboxylic acids is 1. The van der Waals surface area contributed by atoms with Crippen molar-refractivity contribution in [2.45, 2.75) is 13.0 Å². The average Bonchev–Trinajstić information content (AvgIpc) is 1.65. The number of hydrogen-bond donors (Lipinski definition) is 1. The van der Waals surface area contributed by atoms with Crippen LogP contribution in [-0.2, 0) is 9.32 Å². The van der Waals surface area contributed by atoms with Crippen LogP contribution in [0.3, 0.4) is 0 Å². The van der Waals surface area contributed by atoms with E-state index in [2.05, 4.69) is 4.52 Å². The van der Waals surface area contributed by atoms with Gasteiger partial charge in [-0.1, -0.05) is 0 Å². The number of hydrogen-bond acceptors (Lipinski definition) is 3. The van der Waals surface area contributed by atoms with Crippen LogP contribution in [0, 0.1) is 0 Å². The molecule has 8 heavy (non-hydrogen) atoms. The molecule has 0 rings (SSSR count). The summed E-state index contributed by atoms with van der Waals surface area (Å²) in [5.74, 6) is -0.634. The molecule has 0 saturated carbocycles. The van der Waals surface area contributed by atoms with Gasteiger partial charge in [-0.05, 0) is 6.92 Å². The first-order chi connectivity index (χ1) is 3.18. The second kappa shape index (κ2) is 5.99. The summed E-state index contributed by atoms with van der Waals surface area (Å²) >= 11 is 0. The molecule has 1 N–H and O–H groups in total. The van der Waals surface area contributed by atoms with E-state index in [4.69, 9.17) is 5.11 Å². The normalized spacial score (nSPS) is 11.4. The Balaban J connectivity index is 0. The third-order valence-corrected chi connectivity index (χ3v) is 0.690. The van der Waals surface area contributed by atoms with Crippen molar-refractivity contribution < 1.29 is 14.4 Å². The Hall–Kier alpha value is 0.860. The fraction of sp³-hybridized carbons (Fsp3) is 0.667. The van der Waals surface area contributed by atoms with Gasteiger partial charge in [0.2, 0.25) is 0 Å². The zero-order valence-electron chi connectivity index (χ0n) is 3.92. The van der Waals surface area contributed by atoms with Gasteiger partial charge in [0, 0.05) is 0 Å². The van der Waals surface area contributed by atoms with E-state index in [1.54, 1.807) is 9.47 Å². The second-order valence-electron chi connectivity index (χ2n) is 1.11. The zero-order valence-corrected chi connectivity index (χ0v) is 5.07. The minimum atomic E-state index is -1.02. The van der Waals surface area contributed by atoms with Crippen molar-refractivity contribution in [3.63, 3.8) is 0 Å². The number of aliphatic hydroxyl groups is 1. The van der Waals surface area contributed by atoms with Gasteiger partial charge in [-0.3, -0.25) is 0 Å². The Morgan fingerprint density at radius 3 is 2.25 bits per heavy atom. The Labute approximate surface area is 72.4 Å². The van der Waals surface area contributed by atoms with Crippen molar-refractivity contribution in [3.05, 3.63) is 0 Å². The van der Waals surface area contributed by atoms with Gasteiger partial charge in [-0.2, -0.15) is 0 Å². The topological polar surface area (TPSA) is 46.5 Å². The van der Waals surface area contributed by atoms with Crippen LogP contribution in [0.1, 0.15) is 6.92 Å². The predicted octanol–water partition coefficient (Wildman–Crippen LogP) is -0.948. The van der Waals surface area contributed by atoms with Gasteiger partial charge in [0.15, 0.2) is 0 Å². The van der Waals surface area contributed by atoms with Gasteiger partial charge >= 0.3 is 35.5 Å². The molecule has 3 nitrogen and oxygen atoms in total. The van der Waals surface area contributed by atoms with Crippen LogP contribution in [0.5, 0.6) is 0 Å². The molecule has 5 heteroatoms. The summed E-state index contributed by atoms with van der Waals surface area (Å²) in [5.41, 5.74) is 0. The van der Waals surface area contributed by atoms with Crippen molar-refractivity contribution >= 4 is 45.0 Å². The van der Waals surface area contributed by atoms with Crippen LogP contribution in [0.15, 0.2) is 0 Å². The van der Waals surface area contributed by atoms with Crippen molar-refractivity contribution in [2.24, 2.45) is 0 Å². The molecule has 0 radical (unpaired) electrons. The summed E-state index contributed by atoms with van der Waals surface area (Å²) < 4.78 is 4.04. The van der Waals surface area contributed by atoms with Gasteiger partial charge in [0.1, 0.15) is 6.10 Å². The molecule has 0 spiro atoms. The maximum absolute atomic E-state index is 10.0. The molecule has 44 valence electrons. The molecule has 0 aliphatic rings. The number of rotatable bonds is 1. The molecule has 0 aromatic carbocycles. The third kappa shape index (κ3) is 5.01. The number of aliphatic hydroxyl groups excluding tert-OH is 1. The molecule has 0 saturated heterocycles. The fourth-order valence-corrected chi connectivity index (χ4v) is 0.295. The Bertz CT molecular complexity index is 74.9. The van der Waals surface area contributed by atoms with Crippen molar-refractivity contribution in [1.82, 2.24) is 0 Å². The van der Waals surface area contributed by atoms with E-state index in [0.29, 0.717) is 0 Å². The minimum absolute atomic E-state index is 0. The second-order valence-corrected chi connectivity index (χ2v) is 1.35. The summed E-state index contributed by atoms with van der Waals surface area (Å²) in [6.07, 6.45) is -1.02. The molecule has 2 unspecified atom stereocenters. The van der Waals surface area contributed by atoms with Gasteiger partial charge in [-0.25, -0.2) is 4.79 Å². The predicted molar refractivity (Wildman–Crippen MR) is 34.6 cm³/mol. The quantitative estimate of drug-likeness (QED) is 0.383. The van der Waals surface area contributed by atoms with E-state index in [9.17, 15) is 4.79 Å². The van der Waals surface area contributed by atoms with E-state index < -0.39 is 12.1 Å². The van der Waals surface area contributed by atoms with E-state index in [-0.39, 0.29) is 29.6 Å². The van der Waals surface area contributed by atoms with E-state index >= 15 is 0 Å². The van der Waals surface area contributed by atoms with Crippen molar-refractivity contribution in [3.8, 4) is 0 Å². The van der Waals surface area contributed by atoms with Crippen LogP contribution in [0.4, 0.5) is 0 Å². The maximum atomic E-state index is 10.0. The van der Waals surface area contributed by atoms with Gasteiger partial charge in [-0.15, -0.1) is 0 Å².